The van der Waals surface area contributed by atoms with Crippen molar-refractivity contribution >= 4 is 5.69 Å². The Kier molecular flexibility index (Phi) is 19.0. The SMILES string of the molecule is CC.CC.CC.Cc1ccc(N2CCN(CCOC(C)(C)CCOC(C)(C)C)CC2)cc1. The van der Waals surface area contributed by atoms with Crippen LogP contribution >= 0.6 is 0 Å². The lowest BCUT2D eigenvalue weighted by atomic mass is 10.1. The van der Waals surface area contributed by atoms with Crippen LogP contribution < -0.4 is 4.90 Å². The van der Waals surface area contributed by atoms with E-state index >= 15 is 0 Å². The largest absolute Gasteiger partial charge is 0.376 e. The van der Waals surface area contributed by atoms with Crippen molar-refractivity contribution in [3.05, 3.63) is 29.8 Å². The van der Waals surface area contributed by atoms with E-state index in [-0.39, 0.29) is 11.2 Å². The predicted octanol–water partition coefficient (Wildman–Crippen LogP) is 7.20. The number of hydrogen-bond acceptors (Lipinski definition) is 4. The monoisotopic (exact) mass is 452 g/mol. The topological polar surface area (TPSA) is 24.9 Å². The molecule has 0 unspecified atom stereocenters. The fourth-order valence-electron chi connectivity index (χ4n) is 3.11. The molecule has 190 valence electrons. The van der Waals surface area contributed by atoms with Crippen LogP contribution in [0.4, 0.5) is 5.69 Å². The maximum absolute atomic E-state index is 6.14. The molecule has 1 aromatic carbocycles. The maximum atomic E-state index is 6.14. The summed E-state index contributed by atoms with van der Waals surface area (Å²) in [4.78, 5) is 4.98. The first-order chi connectivity index (χ1) is 15.1. The molecule has 1 aromatic rings. The van der Waals surface area contributed by atoms with Gasteiger partial charge in [0.2, 0.25) is 0 Å². The van der Waals surface area contributed by atoms with Crippen LogP contribution in [0.15, 0.2) is 24.3 Å². The van der Waals surface area contributed by atoms with Crippen molar-refractivity contribution in [2.75, 3.05) is 50.8 Å². The van der Waals surface area contributed by atoms with E-state index < -0.39 is 0 Å². The van der Waals surface area contributed by atoms with Gasteiger partial charge in [-0.3, -0.25) is 4.90 Å². The van der Waals surface area contributed by atoms with Gasteiger partial charge in [0.15, 0.2) is 0 Å². The van der Waals surface area contributed by atoms with Crippen molar-refractivity contribution < 1.29 is 9.47 Å². The van der Waals surface area contributed by atoms with Gasteiger partial charge >= 0.3 is 0 Å². The molecule has 4 nitrogen and oxygen atoms in total. The Hall–Kier alpha value is -1.10. The first-order valence-electron chi connectivity index (χ1n) is 13.0. The van der Waals surface area contributed by atoms with E-state index in [0.717, 1.165) is 52.4 Å². The molecule has 1 heterocycles. The Balaban J connectivity index is 0. The molecule has 0 aromatic heterocycles. The van der Waals surface area contributed by atoms with E-state index in [1.807, 2.05) is 41.5 Å². The minimum atomic E-state index is -0.130. The maximum Gasteiger partial charge on any atom is 0.0649 e. The standard InChI is InChI=1S/C22H38N2O2.3C2H6/c1-19-7-9-20(10-8-19)24-14-12-23(13-15-24)16-18-26-22(5,6)11-17-25-21(2,3)4;3*1-2/h7-10H,11-18H2,1-6H3;3*1-2H3. The second-order valence-corrected chi connectivity index (χ2v) is 8.98. The van der Waals surface area contributed by atoms with E-state index in [4.69, 9.17) is 9.47 Å². The van der Waals surface area contributed by atoms with Gasteiger partial charge in [-0.2, -0.15) is 0 Å². The highest BCUT2D eigenvalue weighted by Crippen LogP contribution is 2.19. The fourth-order valence-corrected chi connectivity index (χ4v) is 3.11. The van der Waals surface area contributed by atoms with Crippen LogP contribution in [-0.4, -0.2) is 62.0 Å². The third kappa shape index (κ3) is 15.7. The summed E-state index contributed by atoms with van der Waals surface area (Å²) in [7, 11) is 0. The van der Waals surface area contributed by atoms with Crippen molar-refractivity contribution in [3.8, 4) is 0 Å². The molecule has 32 heavy (non-hydrogen) atoms. The first-order valence-corrected chi connectivity index (χ1v) is 13.0. The van der Waals surface area contributed by atoms with Gasteiger partial charge < -0.3 is 14.4 Å². The molecule has 0 bridgehead atoms. The molecule has 1 fully saturated rings. The van der Waals surface area contributed by atoms with E-state index in [9.17, 15) is 0 Å². The second kappa shape index (κ2) is 18.3. The van der Waals surface area contributed by atoms with Crippen molar-refractivity contribution in [3.63, 3.8) is 0 Å². The number of benzene rings is 1. The van der Waals surface area contributed by atoms with Crippen LogP contribution in [0.25, 0.3) is 0 Å². The quantitative estimate of drug-likeness (QED) is 0.416. The Bertz CT molecular complexity index is 527. The lowest BCUT2D eigenvalue weighted by Gasteiger charge is -2.36. The Morgan fingerprint density at radius 3 is 1.69 bits per heavy atom. The zero-order chi connectivity index (χ0) is 25.2. The average molecular weight is 453 g/mol. The summed E-state index contributed by atoms with van der Waals surface area (Å²) in [5, 5.41) is 0. The van der Waals surface area contributed by atoms with Crippen molar-refractivity contribution in [1.29, 1.82) is 0 Å². The van der Waals surface area contributed by atoms with Crippen LogP contribution in [0.1, 0.15) is 88.1 Å². The van der Waals surface area contributed by atoms with E-state index in [1.54, 1.807) is 0 Å². The third-order valence-corrected chi connectivity index (χ3v) is 4.91. The molecule has 0 radical (unpaired) electrons. The molecule has 4 heteroatoms. The second-order valence-electron chi connectivity index (χ2n) is 8.98. The van der Waals surface area contributed by atoms with Crippen molar-refractivity contribution in [2.45, 2.75) is 101 Å². The number of rotatable bonds is 8. The lowest BCUT2D eigenvalue weighted by Crippen LogP contribution is -2.47. The zero-order valence-electron chi connectivity index (χ0n) is 23.7. The highest BCUT2D eigenvalue weighted by atomic mass is 16.5. The van der Waals surface area contributed by atoms with Gasteiger partial charge in [0.25, 0.3) is 0 Å². The molecule has 1 aliphatic rings. The molecule has 0 saturated carbocycles. The van der Waals surface area contributed by atoms with E-state index in [2.05, 4.69) is 75.6 Å². The normalized spacial score (nSPS) is 14.3. The predicted molar refractivity (Wildman–Crippen MR) is 144 cm³/mol. The van der Waals surface area contributed by atoms with Crippen LogP contribution in [0.3, 0.4) is 0 Å². The minimum Gasteiger partial charge on any atom is -0.376 e. The summed E-state index contributed by atoms with van der Waals surface area (Å²) in [6, 6.07) is 8.86. The summed E-state index contributed by atoms with van der Waals surface area (Å²) < 4.78 is 12.0. The molecule has 1 saturated heterocycles. The van der Waals surface area contributed by atoms with Crippen LogP contribution in [-0.2, 0) is 9.47 Å². The minimum absolute atomic E-state index is 0.0762. The highest BCUT2D eigenvalue weighted by molar-refractivity contribution is 5.47. The number of piperazine rings is 1. The number of aryl methyl sites for hydroxylation is 1. The van der Waals surface area contributed by atoms with Gasteiger partial charge in [0.1, 0.15) is 0 Å². The fraction of sp³-hybridized carbons (Fsp3) is 0.786. The number of hydrogen-bond donors (Lipinski definition) is 0. The molecule has 0 N–H and O–H groups in total. The summed E-state index contributed by atoms with van der Waals surface area (Å²) >= 11 is 0. The highest BCUT2D eigenvalue weighted by Gasteiger charge is 2.22. The van der Waals surface area contributed by atoms with Crippen molar-refractivity contribution in [2.24, 2.45) is 0 Å². The summed E-state index contributed by atoms with van der Waals surface area (Å²) in [6.07, 6.45) is 0.922. The lowest BCUT2D eigenvalue weighted by molar-refractivity contribution is -0.0701. The van der Waals surface area contributed by atoms with Gasteiger partial charge in [0.05, 0.1) is 17.8 Å². The smallest absolute Gasteiger partial charge is 0.0649 e. The Morgan fingerprint density at radius 1 is 0.719 bits per heavy atom. The Labute approximate surface area is 201 Å². The summed E-state index contributed by atoms with van der Waals surface area (Å²) in [6.45, 7) is 31.7. The molecular weight excluding hydrogens is 396 g/mol. The summed E-state index contributed by atoms with van der Waals surface area (Å²) in [5.74, 6) is 0. The van der Waals surface area contributed by atoms with Crippen LogP contribution in [0.5, 0.6) is 0 Å². The van der Waals surface area contributed by atoms with Crippen LogP contribution in [0.2, 0.25) is 0 Å². The van der Waals surface area contributed by atoms with Gasteiger partial charge in [-0.1, -0.05) is 59.2 Å². The van der Waals surface area contributed by atoms with Crippen LogP contribution in [0, 0.1) is 6.92 Å². The third-order valence-electron chi connectivity index (χ3n) is 4.91. The number of ether oxygens (including phenoxy) is 2. The Morgan fingerprint density at radius 2 is 1.22 bits per heavy atom. The van der Waals surface area contributed by atoms with Gasteiger partial charge in [-0.15, -0.1) is 0 Å². The van der Waals surface area contributed by atoms with E-state index in [1.165, 1.54) is 11.3 Å². The molecule has 0 amide bonds. The molecular formula is C28H56N2O2. The van der Waals surface area contributed by atoms with Gasteiger partial charge in [0, 0.05) is 45.0 Å². The molecule has 0 aliphatic carbocycles. The molecule has 0 spiro atoms. The van der Waals surface area contributed by atoms with E-state index in [0.29, 0.717) is 0 Å². The molecule has 2 rings (SSSR count). The van der Waals surface area contributed by atoms with Gasteiger partial charge in [-0.05, 0) is 60.1 Å². The average Bonchev–Trinajstić information content (AvgIpc) is 2.78. The first kappa shape index (κ1) is 33.1. The number of anilines is 1. The van der Waals surface area contributed by atoms with Gasteiger partial charge in [-0.25, -0.2) is 0 Å². The van der Waals surface area contributed by atoms with Crippen molar-refractivity contribution in [1.82, 2.24) is 4.90 Å². The number of nitrogens with zero attached hydrogens (tertiary/aromatic N) is 2. The zero-order valence-corrected chi connectivity index (χ0v) is 23.7. The summed E-state index contributed by atoms with van der Waals surface area (Å²) in [5.41, 5.74) is 2.45. The molecule has 1 aliphatic heterocycles. The molecule has 0 atom stereocenters.